The van der Waals surface area contributed by atoms with Crippen molar-refractivity contribution in [2.45, 2.75) is 13.3 Å². The van der Waals surface area contributed by atoms with Crippen LogP contribution in [0.5, 0.6) is 5.75 Å². The summed E-state index contributed by atoms with van der Waals surface area (Å²) < 4.78 is 27.9. The molecule has 0 amide bonds. The molecule has 0 bridgehead atoms. The topological polar surface area (TPSA) is 60.4 Å². The van der Waals surface area contributed by atoms with Gasteiger partial charge in [-0.05, 0) is 18.6 Å². The Kier molecular flexibility index (Phi) is 5.62. The van der Waals surface area contributed by atoms with Gasteiger partial charge in [-0.2, -0.15) is 0 Å². The number of hydrogen-bond donors (Lipinski definition) is 0. The monoisotopic (exact) mass is 290 g/mol. The van der Waals surface area contributed by atoms with Gasteiger partial charge in [0.1, 0.15) is 15.6 Å². The summed E-state index contributed by atoms with van der Waals surface area (Å²) in [7, 11) is -2.98. The maximum Gasteiger partial charge on any atom is 0.153 e. The first-order valence-electron chi connectivity index (χ1n) is 5.57. The summed E-state index contributed by atoms with van der Waals surface area (Å²) in [5.41, 5.74) is 0.362. The highest BCUT2D eigenvalue weighted by molar-refractivity contribution is 7.91. The Morgan fingerprint density at radius 2 is 2.11 bits per heavy atom. The number of benzene rings is 1. The standard InChI is InChI=1S/C12H15ClO4S/c1-2-18(15,16)8-4-7-17-12-10(9-14)5-3-6-11(12)13/h3,5-6,9H,2,4,7-8H2,1H3. The molecule has 0 aliphatic rings. The quantitative estimate of drug-likeness (QED) is 0.571. The lowest BCUT2D eigenvalue weighted by Crippen LogP contribution is -2.12. The van der Waals surface area contributed by atoms with Crippen molar-refractivity contribution >= 4 is 27.7 Å². The molecule has 0 aliphatic heterocycles. The summed E-state index contributed by atoms with van der Waals surface area (Å²) in [6, 6.07) is 4.87. The fraction of sp³-hybridized carbons (Fsp3) is 0.417. The van der Waals surface area contributed by atoms with E-state index in [1.165, 1.54) is 0 Å². The number of sulfone groups is 1. The van der Waals surface area contributed by atoms with Crippen LogP contribution in [-0.2, 0) is 9.84 Å². The Hall–Kier alpha value is -1.07. The van der Waals surface area contributed by atoms with Crippen LogP contribution in [0.1, 0.15) is 23.7 Å². The van der Waals surface area contributed by atoms with Crippen LogP contribution in [0.3, 0.4) is 0 Å². The molecule has 0 fully saturated rings. The zero-order valence-electron chi connectivity index (χ0n) is 10.1. The van der Waals surface area contributed by atoms with Crippen molar-refractivity contribution in [2.75, 3.05) is 18.1 Å². The zero-order valence-corrected chi connectivity index (χ0v) is 11.6. The van der Waals surface area contributed by atoms with Gasteiger partial charge in [-0.15, -0.1) is 0 Å². The van der Waals surface area contributed by atoms with Crippen LogP contribution < -0.4 is 4.74 Å². The number of hydrogen-bond acceptors (Lipinski definition) is 4. The molecule has 0 unspecified atom stereocenters. The van der Waals surface area contributed by atoms with Gasteiger partial charge in [0.25, 0.3) is 0 Å². The summed E-state index contributed by atoms with van der Waals surface area (Å²) in [5, 5.41) is 0.345. The van der Waals surface area contributed by atoms with E-state index < -0.39 is 9.84 Å². The third-order valence-corrected chi connectivity index (χ3v) is 4.50. The van der Waals surface area contributed by atoms with Crippen LogP contribution in [0.15, 0.2) is 18.2 Å². The molecule has 0 aromatic heterocycles. The highest BCUT2D eigenvalue weighted by Crippen LogP contribution is 2.27. The number of carbonyl (C=O) groups excluding carboxylic acids is 1. The lowest BCUT2D eigenvalue weighted by molar-refractivity contribution is 0.111. The van der Waals surface area contributed by atoms with Crippen LogP contribution in [0, 0.1) is 0 Å². The molecular formula is C12H15ClO4S. The lowest BCUT2D eigenvalue weighted by atomic mass is 10.2. The minimum atomic E-state index is -2.98. The average molecular weight is 291 g/mol. The van der Waals surface area contributed by atoms with Gasteiger partial charge in [-0.3, -0.25) is 4.79 Å². The molecule has 6 heteroatoms. The van der Waals surface area contributed by atoms with E-state index in [0.29, 0.717) is 29.0 Å². The van der Waals surface area contributed by atoms with Gasteiger partial charge < -0.3 is 4.74 Å². The van der Waals surface area contributed by atoms with E-state index in [-0.39, 0.29) is 18.1 Å². The summed E-state index contributed by atoms with van der Waals surface area (Å²) in [4.78, 5) is 10.8. The van der Waals surface area contributed by atoms with Crippen molar-refractivity contribution in [3.05, 3.63) is 28.8 Å². The number of carbonyl (C=O) groups is 1. The number of para-hydroxylation sites is 1. The van der Waals surface area contributed by atoms with E-state index in [4.69, 9.17) is 16.3 Å². The number of aldehydes is 1. The number of halogens is 1. The summed E-state index contributed by atoms with van der Waals surface area (Å²) in [5.74, 6) is 0.506. The first-order valence-corrected chi connectivity index (χ1v) is 7.77. The molecule has 0 spiro atoms. The molecule has 1 aromatic carbocycles. The van der Waals surface area contributed by atoms with Crippen LogP contribution in [0.4, 0.5) is 0 Å². The van der Waals surface area contributed by atoms with Crippen molar-refractivity contribution < 1.29 is 17.9 Å². The first-order chi connectivity index (χ1) is 8.50. The van der Waals surface area contributed by atoms with E-state index >= 15 is 0 Å². The summed E-state index contributed by atoms with van der Waals surface area (Å²) in [6.07, 6.45) is 1.03. The smallest absolute Gasteiger partial charge is 0.153 e. The number of ether oxygens (including phenoxy) is 1. The van der Waals surface area contributed by atoms with Gasteiger partial charge in [0.15, 0.2) is 6.29 Å². The summed E-state index contributed by atoms with van der Waals surface area (Å²) >= 11 is 5.90. The Bertz CT molecular complexity index is 511. The minimum absolute atomic E-state index is 0.0738. The fourth-order valence-corrected chi connectivity index (χ4v) is 2.45. The zero-order chi connectivity index (χ0) is 13.6. The van der Waals surface area contributed by atoms with Gasteiger partial charge >= 0.3 is 0 Å². The fourth-order valence-electron chi connectivity index (χ4n) is 1.37. The second-order valence-electron chi connectivity index (χ2n) is 3.71. The molecular weight excluding hydrogens is 276 g/mol. The van der Waals surface area contributed by atoms with Crippen LogP contribution in [0.25, 0.3) is 0 Å². The predicted octanol–water partition coefficient (Wildman–Crippen LogP) is 2.36. The molecule has 1 aromatic rings. The largest absolute Gasteiger partial charge is 0.491 e. The molecule has 1 rings (SSSR count). The molecule has 0 aliphatic carbocycles. The molecule has 0 atom stereocenters. The molecule has 0 saturated heterocycles. The maximum absolute atomic E-state index is 11.3. The highest BCUT2D eigenvalue weighted by atomic mass is 35.5. The van der Waals surface area contributed by atoms with E-state index in [1.807, 2.05) is 0 Å². The van der Waals surface area contributed by atoms with Gasteiger partial charge in [-0.25, -0.2) is 8.42 Å². The molecule has 100 valence electrons. The van der Waals surface area contributed by atoms with E-state index in [2.05, 4.69) is 0 Å². The minimum Gasteiger partial charge on any atom is -0.491 e. The molecule has 0 heterocycles. The van der Waals surface area contributed by atoms with Crippen molar-refractivity contribution in [1.82, 2.24) is 0 Å². The predicted molar refractivity (Wildman–Crippen MR) is 71.3 cm³/mol. The van der Waals surface area contributed by atoms with Crippen molar-refractivity contribution in [3.8, 4) is 5.75 Å². The number of rotatable bonds is 7. The second kappa shape index (κ2) is 6.75. The second-order valence-corrected chi connectivity index (χ2v) is 6.59. The van der Waals surface area contributed by atoms with Crippen LogP contribution >= 0.6 is 11.6 Å². The molecule has 0 saturated carbocycles. The van der Waals surface area contributed by atoms with Crippen LogP contribution in [-0.4, -0.2) is 32.8 Å². The molecule has 0 N–H and O–H groups in total. The normalized spacial score (nSPS) is 11.2. The Morgan fingerprint density at radius 1 is 1.39 bits per heavy atom. The van der Waals surface area contributed by atoms with Crippen molar-refractivity contribution in [1.29, 1.82) is 0 Å². The van der Waals surface area contributed by atoms with Gasteiger partial charge in [-0.1, -0.05) is 24.6 Å². The van der Waals surface area contributed by atoms with Gasteiger partial charge in [0, 0.05) is 5.75 Å². The Morgan fingerprint density at radius 3 is 2.72 bits per heavy atom. The lowest BCUT2D eigenvalue weighted by Gasteiger charge is -2.09. The van der Waals surface area contributed by atoms with Crippen molar-refractivity contribution in [3.63, 3.8) is 0 Å². The summed E-state index contributed by atoms with van der Waals surface area (Å²) in [6.45, 7) is 1.82. The maximum atomic E-state index is 11.3. The molecule has 4 nitrogen and oxygen atoms in total. The first kappa shape index (κ1) is 15.0. The average Bonchev–Trinajstić information content (AvgIpc) is 2.36. The Balaban J connectivity index is 2.57. The molecule has 18 heavy (non-hydrogen) atoms. The third-order valence-electron chi connectivity index (χ3n) is 2.41. The molecule has 0 radical (unpaired) electrons. The van der Waals surface area contributed by atoms with Crippen LogP contribution in [0.2, 0.25) is 5.02 Å². The Labute approximate surface area is 112 Å². The van der Waals surface area contributed by atoms with Gasteiger partial charge in [0.2, 0.25) is 0 Å². The van der Waals surface area contributed by atoms with E-state index in [0.717, 1.165) is 0 Å². The highest BCUT2D eigenvalue weighted by Gasteiger charge is 2.10. The van der Waals surface area contributed by atoms with E-state index in [1.54, 1.807) is 25.1 Å². The SMILES string of the molecule is CCS(=O)(=O)CCCOc1c(Cl)cccc1C=O. The van der Waals surface area contributed by atoms with Crippen molar-refractivity contribution in [2.24, 2.45) is 0 Å². The van der Waals surface area contributed by atoms with Gasteiger partial charge in [0.05, 0.1) is 22.9 Å². The van der Waals surface area contributed by atoms with E-state index in [9.17, 15) is 13.2 Å². The third kappa shape index (κ3) is 4.31.